The summed E-state index contributed by atoms with van der Waals surface area (Å²) in [5.41, 5.74) is 0.260. The Labute approximate surface area is 170 Å². The lowest BCUT2D eigenvalue weighted by atomic mass is 10.2. The standard InChI is InChI=1S/C21H14F3N3O2S/c22-21(23,24)14-10-12-15(13-11-14)25-19-20(27-18-9-5-4-8-17(18)26-19)30(28,29)16-6-2-1-3-7-16/h1-13H,(H,25,26). The normalized spacial score (nSPS) is 12.1. The van der Waals surface area contributed by atoms with Crippen LogP contribution in [0.2, 0.25) is 0 Å². The van der Waals surface area contributed by atoms with Gasteiger partial charge in [-0.05, 0) is 48.5 Å². The first-order valence-electron chi connectivity index (χ1n) is 8.76. The van der Waals surface area contributed by atoms with E-state index in [-0.39, 0.29) is 21.4 Å². The first-order valence-corrected chi connectivity index (χ1v) is 10.2. The number of rotatable bonds is 4. The Morgan fingerprint density at radius 3 is 1.90 bits per heavy atom. The molecule has 5 nitrogen and oxygen atoms in total. The number of halogens is 3. The Kier molecular flexibility index (Phi) is 4.90. The molecule has 0 saturated heterocycles. The summed E-state index contributed by atoms with van der Waals surface area (Å²) in [6, 6.07) is 18.7. The van der Waals surface area contributed by atoms with Crippen molar-refractivity contribution < 1.29 is 21.6 Å². The molecule has 9 heteroatoms. The van der Waals surface area contributed by atoms with E-state index in [1.54, 1.807) is 42.5 Å². The van der Waals surface area contributed by atoms with Crippen LogP contribution in [0.5, 0.6) is 0 Å². The number of alkyl halides is 3. The zero-order chi connectivity index (χ0) is 21.4. The molecule has 4 aromatic rings. The topological polar surface area (TPSA) is 72.0 Å². The lowest BCUT2D eigenvalue weighted by molar-refractivity contribution is -0.137. The van der Waals surface area contributed by atoms with Crippen LogP contribution in [0.4, 0.5) is 24.7 Å². The fraction of sp³-hybridized carbons (Fsp3) is 0.0476. The van der Waals surface area contributed by atoms with Crippen molar-refractivity contribution in [1.29, 1.82) is 0 Å². The Hall–Kier alpha value is -3.46. The van der Waals surface area contributed by atoms with Crippen LogP contribution >= 0.6 is 0 Å². The van der Waals surface area contributed by atoms with E-state index in [1.807, 2.05) is 0 Å². The van der Waals surface area contributed by atoms with Crippen molar-refractivity contribution in [1.82, 2.24) is 9.97 Å². The molecule has 0 radical (unpaired) electrons. The highest BCUT2D eigenvalue weighted by Gasteiger charge is 2.30. The zero-order valence-corrected chi connectivity index (χ0v) is 16.1. The zero-order valence-electron chi connectivity index (χ0n) is 15.3. The first kappa shape index (κ1) is 19.8. The maximum atomic E-state index is 13.2. The van der Waals surface area contributed by atoms with Gasteiger partial charge in [-0.2, -0.15) is 13.2 Å². The van der Waals surface area contributed by atoms with E-state index >= 15 is 0 Å². The Morgan fingerprint density at radius 2 is 1.30 bits per heavy atom. The molecular weight excluding hydrogens is 415 g/mol. The molecule has 0 fully saturated rings. The minimum Gasteiger partial charge on any atom is -0.338 e. The second-order valence-corrected chi connectivity index (χ2v) is 8.25. The molecule has 1 heterocycles. The number of fused-ring (bicyclic) bond motifs is 1. The Morgan fingerprint density at radius 1 is 0.733 bits per heavy atom. The van der Waals surface area contributed by atoms with Crippen LogP contribution in [0.3, 0.4) is 0 Å². The minimum atomic E-state index is -4.47. The van der Waals surface area contributed by atoms with Gasteiger partial charge in [0.2, 0.25) is 14.9 Å². The maximum absolute atomic E-state index is 13.2. The summed E-state index contributed by atoms with van der Waals surface area (Å²) >= 11 is 0. The molecule has 152 valence electrons. The van der Waals surface area contributed by atoms with Crippen molar-refractivity contribution in [3.05, 3.63) is 84.4 Å². The number of aromatic nitrogens is 2. The largest absolute Gasteiger partial charge is 0.416 e. The number of nitrogens with zero attached hydrogens (tertiary/aromatic N) is 2. The molecule has 0 aliphatic carbocycles. The van der Waals surface area contributed by atoms with E-state index < -0.39 is 21.6 Å². The number of benzene rings is 3. The Balaban J connectivity index is 1.83. The SMILES string of the molecule is O=S(=O)(c1ccccc1)c1nc2ccccc2nc1Nc1ccc(C(F)(F)F)cc1. The molecule has 0 aliphatic heterocycles. The smallest absolute Gasteiger partial charge is 0.338 e. The summed E-state index contributed by atoms with van der Waals surface area (Å²) in [5.74, 6) is -0.0719. The van der Waals surface area contributed by atoms with Crippen molar-refractivity contribution in [2.75, 3.05) is 5.32 Å². The van der Waals surface area contributed by atoms with Gasteiger partial charge in [0.15, 0.2) is 5.82 Å². The lowest BCUT2D eigenvalue weighted by Crippen LogP contribution is -2.10. The summed E-state index contributed by atoms with van der Waals surface area (Å²) in [5, 5.41) is 2.49. The number of sulfone groups is 1. The van der Waals surface area contributed by atoms with E-state index in [0.29, 0.717) is 11.0 Å². The number of nitrogens with one attached hydrogen (secondary N) is 1. The molecule has 0 unspecified atom stereocenters. The number of hydrogen-bond donors (Lipinski definition) is 1. The van der Waals surface area contributed by atoms with Crippen LogP contribution in [0, 0.1) is 0 Å². The molecule has 3 aromatic carbocycles. The van der Waals surface area contributed by atoms with E-state index in [0.717, 1.165) is 12.1 Å². The first-order chi connectivity index (χ1) is 14.2. The van der Waals surface area contributed by atoms with Crippen molar-refractivity contribution >= 4 is 32.4 Å². The number of hydrogen-bond acceptors (Lipinski definition) is 5. The Bertz CT molecular complexity index is 1310. The van der Waals surface area contributed by atoms with Crippen molar-refractivity contribution in [3.8, 4) is 0 Å². The monoisotopic (exact) mass is 429 g/mol. The molecule has 0 spiro atoms. The van der Waals surface area contributed by atoms with Crippen LogP contribution in [0.15, 0.2) is 88.8 Å². The third-order valence-corrected chi connectivity index (χ3v) is 6.01. The summed E-state index contributed by atoms with van der Waals surface area (Å²) in [4.78, 5) is 8.67. The van der Waals surface area contributed by atoms with Gasteiger partial charge < -0.3 is 5.32 Å². The molecule has 1 N–H and O–H groups in total. The van der Waals surface area contributed by atoms with Gasteiger partial charge in [-0.25, -0.2) is 18.4 Å². The fourth-order valence-electron chi connectivity index (χ4n) is 2.84. The lowest BCUT2D eigenvalue weighted by Gasteiger charge is -2.13. The van der Waals surface area contributed by atoms with Gasteiger partial charge in [-0.1, -0.05) is 30.3 Å². The second kappa shape index (κ2) is 7.42. The quantitative estimate of drug-likeness (QED) is 0.481. The van der Waals surface area contributed by atoms with E-state index in [4.69, 9.17) is 0 Å². The average Bonchev–Trinajstić information content (AvgIpc) is 2.73. The third kappa shape index (κ3) is 3.84. The number of anilines is 2. The second-order valence-electron chi connectivity index (χ2n) is 6.38. The molecule has 4 rings (SSSR count). The van der Waals surface area contributed by atoms with Gasteiger partial charge in [0.1, 0.15) is 0 Å². The predicted molar refractivity (Wildman–Crippen MR) is 106 cm³/mol. The van der Waals surface area contributed by atoms with Gasteiger partial charge in [0, 0.05) is 5.69 Å². The molecular formula is C21H14F3N3O2S. The molecule has 30 heavy (non-hydrogen) atoms. The molecule has 0 amide bonds. The molecule has 0 atom stereocenters. The third-order valence-electron chi connectivity index (χ3n) is 4.32. The van der Waals surface area contributed by atoms with E-state index in [1.165, 1.54) is 24.3 Å². The highest BCUT2D eigenvalue weighted by Crippen LogP contribution is 2.32. The van der Waals surface area contributed by atoms with Gasteiger partial charge >= 0.3 is 6.18 Å². The van der Waals surface area contributed by atoms with Crippen molar-refractivity contribution in [2.45, 2.75) is 16.1 Å². The average molecular weight is 429 g/mol. The fourth-order valence-corrected chi connectivity index (χ4v) is 4.15. The van der Waals surface area contributed by atoms with Crippen molar-refractivity contribution in [2.24, 2.45) is 0 Å². The summed E-state index contributed by atoms with van der Waals surface area (Å²) in [6.07, 6.45) is -4.47. The molecule has 0 bridgehead atoms. The minimum absolute atomic E-state index is 0.0325. The summed E-state index contributed by atoms with van der Waals surface area (Å²) in [6.45, 7) is 0. The van der Waals surface area contributed by atoms with Gasteiger partial charge in [-0.3, -0.25) is 0 Å². The van der Waals surface area contributed by atoms with Crippen LogP contribution < -0.4 is 5.32 Å². The molecule has 1 aromatic heterocycles. The van der Waals surface area contributed by atoms with Gasteiger partial charge in [0.25, 0.3) is 0 Å². The highest BCUT2D eigenvalue weighted by atomic mass is 32.2. The predicted octanol–water partition coefficient (Wildman–Crippen LogP) is 5.23. The van der Waals surface area contributed by atoms with E-state index in [9.17, 15) is 21.6 Å². The van der Waals surface area contributed by atoms with E-state index in [2.05, 4.69) is 15.3 Å². The summed E-state index contributed by atoms with van der Waals surface area (Å²) < 4.78 is 64.8. The number of para-hydroxylation sites is 2. The molecule has 0 saturated carbocycles. The molecule has 0 aliphatic rings. The van der Waals surface area contributed by atoms with Crippen LogP contribution in [-0.4, -0.2) is 18.4 Å². The van der Waals surface area contributed by atoms with Gasteiger partial charge in [0.05, 0.1) is 21.5 Å². The maximum Gasteiger partial charge on any atom is 0.416 e. The van der Waals surface area contributed by atoms with Crippen molar-refractivity contribution in [3.63, 3.8) is 0 Å². The van der Waals surface area contributed by atoms with Crippen LogP contribution in [0.1, 0.15) is 5.56 Å². The highest BCUT2D eigenvalue weighted by molar-refractivity contribution is 7.91. The van der Waals surface area contributed by atoms with Crippen LogP contribution in [0.25, 0.3) is 11.0 Å². The van der Waals surface area contributed by atoms with Gasteiger partial charge in [-0.15, -0.1) is 0 Å². The van der Waals surface area contributed by atoms with Crippen LogP contribution in [-0.2, 0) is 16.0 Å². The summed E-state index contributed by atoms with van der Waals surface area (Å²) in [7, 11) is -4.03.